The van der Waals surface area contributed by atoms with Crippen molar-refractivity contribution in [1.82, 2.24) is 14.9 Å². The number of imidazole rings is 1. The number of hydrogen-bond acceptors (Lipinski definition) is 3. The number of aliphatic hydroxyl groups is 1. The van der Waals surface area contributed by atoms with Crippen molar-refractivity contribution >= 4 is 6.03 Å². The van der Waals surface area contributed by atoms with Crippen LogP contribution in [-0.2, 0) is 0 Å². The minimum absolute atomic E-state index is 0.0574. The molecule has 0 aliphatic heterocycles. The molecule has 0 bridgehead atoms. The molecule has 1 amide bonds. The Bertz CT molecular complexity index is 282. The van der Waals surface area contributed by atoms with E-state index < -0.39 is 0 Å². The van der Waals surface area contributed by atoms with Crippen LogP contribution in [0.4, 0.5) is 4.79 Å². The fraction of sp³-hybridized carbons (Fsp3) is 0.556. The van der Waals surface area contributed by atoms with Gasteiger partial charge in [-0.15, -0.1) is 0 Å². The second kappa shape index (κ2) is 4.76. The van der Waals surface area contributed by atoms with Crippen molar-refractivity contribution in [2.24, 2.45) is 5.92 Å². The van der Waals surface area contributed by atoms with Gasteiger partial charge in [-0.3, -0.25) is 4.57 Å². The van der Waals surface area contributed by atoms with E-state index in [0.29, 0.717) is 0 Å². The van der Waals surface area contributed by atoms with Gasteiger partial charge in [-0.2, -0.15) is 0 Å². The Hall–Kier alpha value is -1.36. The van der Waals surface area contributed by atoms with Crippen molar-refractivity contribution in [3.8, 4) is 0 Å². The number of carbonyl (C=O) groups excluding carboxylic acids is 1. The molecule has 78 valence electrons. The first-order chi connectivity index (χ1) is 6.65. The molecule has 0 saturated carbocycles. The van der Waals surface area contributed by atoms with Gasteiger partial charge in [-0.25, -0.2) is 9.78 Å². The third-order valence-corrected chi connectivity index (χ3v) is 2.05. The molecule has 0 aliphatic rings. The summed E-state index contributed by atoms with van der Waals surface area (Å²) in [5.74, 6) is 0.201. The first-order valence-corrected chi connectivity index (χ1v) is 4.55. The Morgan fingerprint density at radius 1 is 1.64 bits per heavy atom. The maximum Gasteiger partial charge on any atom is 0.327 e. The van der Waals surface area contributed by atoms with Gasteiger partial charge in [0.2, 0.25) is 0 Å². The summed E-state index contributed by atoms with van der Waals surface area (Å²) in [5.41, 5.74) is 0. The van der Waals surface area contributed by atoms with E-state index in [2.05, 4.69) is 10.3 Å². The summed E-state index contributed by atoms with van der Waals surface area (Å²) in [4.78, 5) is 15.2. The molecule has 0 spiro atoms. The van der Waals surface area contributed by atoms with E-state index in [1.165, 1.54) is 17.1 Å². The summed E-state index contributed by atoms with van der Waals surface area (Å²) in [6, 6.07) is -0.486. The molecule has 14 heavy (non-hydrogen) atoms. The van der Waals surface area contributed by atoms with E-state index in [1.54, 1.807) is 6.20 Å². The highest BCUT2D eigenvalue weighted by molar-refractivity contribution is 5.76. The molecule has 0 fully saturated rings. The van der Waals surface area contributed by atoms with E-state index in [1.807, 2.05) is 13.8 Å². The van der Waals surface area contributed by atoms with Gasteiger partial charge in [0.05, 0.1) is 12.6 Å². The van der Waals surface area contributed by atoms with Crippen LogP contribution in [0.3, 0.4) is 0 Å². The predicted molar refractivity (Wildman–Crippen MR) is 51.9 cm³/mol. The second-order valence-corrected chi connectivity index (χ2v) is 3.45. The molecule has 0 aliphatic carbocycles. The Morgan fingerprint density at radius 2 is 2.36 bits per heavy atom. The predicted octanol–water partition coefficient (Wildman–Crippen LogP) is 0.458. The minimum atomic E-state index is -0.268. The van der Waals surface area contributed by atoms with E-state index in [9.17, 15) is 4.79 Å². The Balaban J connectivity index is 2.56. The largest absolute Gasteiger partial charge is 0.394 e. The number of carbonyl (C=O) groups is 1. The number of nitrogens with one attached hydrogen (secondary N) is 1. The molecule has 0 aromatic carbocycles. The number of nitrogens with zero attached hydrogens (tertiary/aromatic N) is 2. The zero-order valence-electron chi connectivity index (χ0n) is 8.34. The highest BCUT2D eigenvalue weighted by atomic mass is 16.3. The van der Waals surface area contributed by atoms with Crippen molar-refractivity contribution in [3.05, 3.63) is 18.7 Å². The van der Waals surface area contributed by atoms with E-state index in [4.69, 9.17) is 5.11 Å². The highest BCUT2D eigenvalue weighted by Gasteiger charge is 2.15. The summed E-state index contributed by atoms with van der Waals surface area (Å²) in [5, 5.41) is 11.7. The lowest BCUT2D eigenvalue weighted by atomic mass is 10.1. The summed E-state index contributed by atoms with van der Waals surface area (Å²) in [6.45, 7) is 3.82. The maximum absolute atomic E-state index is 11.5. The van der Waals surface area contributed by atoms with Crippen molar-refractivity contribution in [2.45, 2.75) is 19.9 Å². The van der Waals surface area contributed by atoms with Crippen LogP contribution in [0.2, 0.25) is 0 Å². The van der Waals surface area contributed by atoms with E-state index in [-0.39, 0.29) is 24.6 Å². The van der Waals surface area contributed by atoms with E-state index in [0.717, 1.165) is 0 Å². The lowest BCUT2D eigenvalue weighted by molar-refractivity contribution is 0.199. The van der Waals surface area contributed by atoms with Gasteiger partial charge >= 0.3 is 6.03 Å². The van der Waals surface area contributed by atoms with Crippen molar-refractivity contribution in [3.63, 3.8) is 0 Å². The van der Waals surface area contributed by atoms with Crippen LogP contribution < -0.4 is 5.32 Å². The van der Waals surface area contributed by atoms with Crippen LogP contribution in [0.1, 0.15) is 13.8 Å². The lowest BCUT2D eigenvalue weighted by Gasteiger charge is -2.19. The molecule has 1 aromatic heterocycles. The number of amides is 1. The number of hydrogen-bond donors (Lipinski definition) is 2. The molecule has 0 radical (unpaired) electrons. The number of aromatic nitrogens is 2. The van der Waals surface area contributed by atoms with Gasteiger partial charge in [-0.1, -0.05) is 13.8 Å². The van der Waals surface area contributed by atoms with E-state index >= 15 is 0 Å². The zero-order chi connectivity index (χ0) is 10.6. The molecule has 5 nitrogen and oxygen atoms in total. The van der Waals surface area contributed by atoms with Gasteiger partial charge in [-0.05, 0) is 5.92 Å². The van der Waals surface area contributed by atoms with Crippen LogP contribution in [0.25, 0.3) is 0 Å². The van der Waals surface area contributed by atoms with Gasteiger partial charge in [0, 0.05) is 12.4 Å². The normalized spacial score (nSPS) is 12.9. The third kappa shape index (κ3) is 2.56. The number of rotatable bonds is 3. The minimum Gasteiger partial charge on any atom is -0.394 e. The molecule has 1 atom stereocenters. The summed E-state index contributed by atoms with van der Waals surface area (Å²) in [7, 11) is 0. The van der Waals surface area contributed by atoms with Crippen LogP contribution in [-0.4, -0.2) is 33.3 Å². The Kier molecular flexibility index (Phi) is 3.64. The van der Waals surface area contributed by atoms with Gasteiger partial charge in [0.25, 0.3) is 0 Å². The molecule has 0 saturated heterocycles. The van der Waals surface area contributed by atoms with Crippen LogP contribution >= 0.6 is 0 Å². The third-order valence-electron chi connectivity index (χ3n) is 2.05. The van der Waals surface area contributed by atoms with Crippen molar-refractivity contribution < 1.29 is 9.90 Å². The van der Waals surface area contributed by atoms with Crippen LogP contribution in [0.5, 0.6) is 0 Å². The summed E-state index contributed by atoms with van der Waals surface area (Å²) in [6.07, 6.45) is 4.51. The average Bonchev–Trinajstić information content (AvgIpc) is 2.65. The standard InChI is InChI=1S/C9H15N3O2/c1-7(2)8(5-13)11-9(14)12-4-3-10-6-12/h3-4,6-8,13H,5H2,1-2H3,(H,11,14)/t8-/m1/s1. The molecular formula is C9H15N3O2. The molecule has 5 heteroatoms. The van der Waals surface area contributed by atoms with Crippen LogP contribution in [0, 0.1) is 5.92 Å². The topological polar surface area (TPSA) is 67.2 Å². The molecular weight excluding hydrogens is 182 g/mol. The Morgan fingerprint density at radius 3 is 2.79 bits per heavy atom. The first kappa shape index (κ1) is 10.7. The van der Waals surface area contributed by atoms with Gasteiger partial charge in [0.1, 0.15) is 6.33 Å². The average molecular weight is 197 g/mol. The molecule has 1 heterocycles. The Labute approximate surface area is 82.8 Å². The number of aliphatic hydroxyl groups excluding tert-OH is 1. The summed E-state index contributed by atoms with van der Waals surface area (Å²) >= 11 is 0. The lowest BCUT2D eigenvalue weighted by Crippen LogP contribution is -2.42. The summed E-state index contributed by atoms with van der Waals surface area (Å²) < 4.78 is 1.34. The molecule has 1 aromatic rings. The fourth-order valence-corrected chi connectivity index (χ4v) is 1.04. The van der Waals surface area contributed by atoms with Gasteiger partial charge in [0.15, 0.2) is 0 Å². The molecule has 0 unspecified atom stereocenters. The molecule has 2 N–H and O–H groups in total. The molecule has 1 rings (SSSR count). The smallest absolute Gasteiger partial charge is 0.327 e. The quantitative estimate of drug-likeness (QED) is 0.739. The van der Waals surface area contributed by atoms with Crippen LogP contribution in [0.15, 0.2) is 18.7 Å². The first-order valence-electron chi connectivity index (χ1n) is 4.55. The second-order valence-electron chi connectivity index (χ2n) is 3.45. The van der Waals surface area contributed by atoms with Gasteiger partial charge < -0.3 is 10.4 Å². The SMILES string of the molecule is CC(C)[C@@H](CO)NC(=O)n1ccnc1. The monoisotopic (exact) mass is 197 g/mol. The maximum atomic E-state index is 11.5. The highest BCUT2D eigenvalue weighted by Crippen LogP contribution is 2.00. The zero-order valence-corrected chi connectivity index (χ0v) is 8.34. The van der Waals surface area contributed by atoms with Crippen molar-refractivity contribution in [2.75, 3.05) is 6.61 Å². The van der Waals surface area contributed by atoms with Crippen molar-refractivity contribution in [1.29, 1.82) is 0 Å². The fourth-order valence-electron chi connectivity index (χ4n) is 1.04.